The predicted octanol–water partition coefficient (Wildman–Crippen LogP) is 5.63. The van der Waals surface area contributed by atoms with Gasteiger partial charge in [-0.15, -0.1) is 21.5 Å². The lowest BCUT2D eigenvalue weighted by Crippen LogP contribution is -2.11. The second-order valence-electron chi connectivity index (χ2n) is 7.96. The van der Waals surface area contributed by atoms with E-state index >= 15 is 0 Å². The van der Waals surface area contributed by atoms with E-state index in [0.29, 0.717) is 28.2 Å². The Hall–Kier alpha value is -3.85. The van der Waals surface area contributed by atoms with Gasteiger partial charge in [0, 0.05) is 26.9 Å². The number of esters is 1. The van der Waals surface area contributed by atoms with Crippen molar-refractivity contribution < 1.29 is 13.9 Å². The summed E-state index contributed by atoms with van der Waals surface area (Å²) in [6.45, 7) is 8.18. The number of carbonyl (C=O) groups excluding carboxylic acids is 1. The van der Waals surface area contributed by atoms with E-state index < -0.39 is 5.97 Å². The number of rotatable bonds is 5. The quantitative estimate of drug-likeness (QED) is 0.248. The molecule has 0 aliphatic carbocycles. The highest BCUT2D eigenvalue weighted by molar-refractivity contribution is 7.12. The lowest BCUT2D eigenvalue weighted by Gasteiger charge is -2.11. The van der Waals surface area contributed by atoms with Crippen LogP contribution >= 0.6 is 11.3 Å². The number of ether oxygens (including phenoxy) is 1. The summed E-state index contributed by atoms with van der Waals surface area (Å²) in [5, 5.41) is 12.7. The SMILES string of the molecule is Cc1cc(-c2cc(C(=O)Oc3ccc(-c4nnco4)cc3)c3cnn(C(C)C)c3n2)c(C)s1. The van der Waals surface area contributed by atoms with Crippen LogP contribution in [0, 0.1) is 13.8 Å². The van der Waals surface area contributed by atoms with Crippen molar-refractivity contribution in [2.75, 3.05) is 0 Å². The van der Waals surface area contributed by atoms with Gasteiger partial charge >= 0.3 is 5.97 Å². The zero-order chi connectivity index (χ0) is 23.1. The largest absolute Gasteiger partial charge is 0.423 e. The van der Waals surface area contributed by atoms with E-state index in [2.05, 4.69) is 35.2 Å². The number of hydrogen-bond donors (Lipinski definition) is 0. The molecule has 0 saturated carbocycles. The maximum atomic E-state index is 13.3. The molecule has 0 fully saturated rings. The van der Waals surface area contributed by atoms with Crippen molar-refractivity contribution in [1.29, 1.82) is 0 Å². The van der Waals surface area contributed by atoms with Gasteiger partial charge in [0.05, 0.1) is 22.8 Å². The summed E-state index contributed by atoms with van der Waals surface area (Å²) in [6, 6.07) is 10.9. The monoisotopic (exact) mass is 459 g/mol. The Morgan fingerprint density at radius 2 is 1.94 bits per heavy atom. The number of fused-ring (bicyclic) bond motifs is 1. The van der Waals surface area contributed by atoms with Crippen molar-refractivity contribution in [3.8, 4) is 28.5 Å². The molecule has 4 heterocycles. The van der Waals surface area contributed by atoms with Crippen LogP contribution in [0.25, 0.3) is 33.7 Å². The molecule has 0 aliphatic heterocycles. The first-order valence-corrected chi connectivity index (χ1v) is 11.3. The Morgan fingerprint density at radius 3 is 2.58 bits per heavy atom. The van der Waals surface area contributed by atoms with Crippen LogP contribution in [0.3, 0.4) is 0 Å². The summed E-state index contributed by atoms with van der Waals surface area (Å²) in [7, 11) is 0. The molecule has 0 unspecified atom stereocenters. The highest BCUT2D eigenvalue weighted by atomic mass is 32.1. The molecule has 1 aromatic carbocycles. The summed E-state index contributed by atoms with van der Waals surface area (Å²) in [5.74, 6) is 0.339. The minimum absolute atomic E-state index is 0.0941. The third-order valence-electron chi connectivity index (χ3n) is 5.26. The van der Waals surface area contributed by atoms with Crippen LogP contribution in [0.2, 0.25) is 0 Å². The smallest absolute Gasteiger partial charge is 0.344 e. The molecule has 33 heavy (non-hydrogen) atoms. The van der Waals surface area contributed by atoms with E-state index in [9.17, 15) is 4.79 Å². The molecule has 4 aromatic heterocycles. The maximum Gasteiger partial charge on any atom is 0.344 e. The van der Waals surface area contributed by atoms with E-state index in [4.69, 9.17) is 14.1 Å². The number of thiophene rings is 1. The van der Waals surface area contributed by atoms with Crippen molar-refractivity contribution in [2.24, 2.45) is 0 Å². The second-order valence-corrected chi connectivity index (χ2v) is 9.42. The molecule has 166 valence electrons. The van der Waals surface area contributed by atoms with Gasteiger partial charge < -0.3 is 9.15 Å². The van der Waals surface area contributed by atoms with Crippen molar-refractivity contribution in [3.05, 3.63) is 64.3 Å². The first-order chi connectivity index (χ1) is 15.9. The number of nitrogens with zero attached hydrogens (tertiary/aromatic N) is 5. The van der Waals surface area contributed by atoms with Gasteiger partial charge in [-0.25, -0.2) is 14.5 Å². The molecule has 8 nitrogen and oxygen atoms in total. The molecular formula is C24H21N5O3S. The Morgan fingerprint density at radius 1 is 1.15 bits per heavy atom. The molecule has 0 amide bonds. The fourth-order valence-electron chi connectivity index (χ4n) is 3.71. The molecule has 9 heteroatoms. The van der Waals surface area contributed by atoms with Crippen LogP contribution in [0.15, 0.2) is 53.4 Å². The van der Waals surface area contributed by atoms with E-state index in [-0.39, 0.29) is 6.04 Å². The van der Waals surface area contributed by atoms with Gasteiger partial charge in [0.15, 0.2) is 5.65 Å². The van der Waals surface area contributed by atoms with E-state index in [1.165, 1.54) is 11.3 Å². The highest BCUT2D eigenvalue weighted by Gasteiger charge is 2.21. The minimum atomic E-state index is -0.470. The summed E-state index contributed by atoms with van der Waals surface area (Å²) < 4.78 is 12.7. The Balaban J connectivity index is 1.55. The summed E-state index contributed by atoms with van der Waals surface area (Å²) in [6.07, 6.45) is 2.94. The fourth-order valence-corrected chi connectivity index (χ4v) is 4.65. The van der Waals surface area contributed by atoms with Crippen LogP contribution in [0.5, 0.6) is 5.75 Å². The van der Waals surface area contributed by atoms with Crippen LogP contribution in [0.4, 0.5) is 0 Å². The fraction of sp³-hybridized carbons (Fsp3) is 0.208. The Bertz CT molecular complexity index is 1450. The lowest BCUT2D eigenvalue weighted by atomic mass is 10.1. The topological polar surface area (TPSA) is 95.9 Å². The number of hydrogen-bond acceptors (Lipinski definition) is 8. The van der Waals surface area contributed by atoms with Gasteiger partial charge in [-0.2, -0.15) is 5.10 Å². The van der Waals surface area contributed by atoms with E-state index in [0.717, 1.165) is 21.7 Å². The second kappa shape index (κ2) is 8.25. The molecule has 0 atom stereocenters. The van der Waals surface area contributed by atoms with Crippen LogP contribution < -0.4 is 4.74 Å². The molecule has 0 N–H and O–H groups in total. The summed E-state index contributed by atoms with van der Waals surface area (Å²) >= 11 is 1.70. The van der Waals surface area contributed by atoms with Crippen molar-refractivity contribution >= 4 is 28.3 Å². The molecule has 0 bridgehead atoms. The van der Waals surface area contributed by atoms with Crippen LogP contribution in [0.1, 0.15) is 40.0 Å². The molecular weight excluding hydrogens is 438 g/mol. The first kappa shape index (κ1) is 21.0. The molecule has 0 aliphatic rings. The number of aryl methyl sites for hydroxylation is 2. The number of benzene rings is 1. The van der Waals surface area contributed by atoms with Crippen molar-refractivity contribution in [1.82, 2.24) is 25.0 Å². The van der Waals surface area contributed by atoms with Gasteiger partial charge in [-0.1, -0.05) is 0 Å². The minimum Gasteiger partial charge on any atom is -0.423 e. The zero-order valence-electron chi connectivity index (χ0n) is 18.6. The third kappa shape index (κ3) is 3.91. The lowest BCUT2D eigenvalue weighted by molar-refractivity contribution is 0.0737. The number of carbonyl (C=O) groups is 1. The van der Waals surface area contributed by atoms with Crippen LogP contribution in [-0.2, 0) is 0 Å². The first-order valence-electron chi connectivity index (χ1n) is 10.4. The molecule has 0 spiro atoms. The molecule has 5 rings (SSSR count). The standard InChI is InChI=1S/C24H21N5O3S/c1-13(2)29-22-20(11-26-29)19(10-21(27-22)18-9-14(3)33-15(18)4)24(30)32-17-7-5-16(6-8-17)23-28-25-12-31-23/h5-13H,1-4H3. The van der Waals surface area contributed by atoms with Gasteiger partial charge in [0.25, 0.3) is 0 Å². The molecule has 0 radical (unpaired) electrons. The van der Waals surface area contributed by atoms with Gasteiger partial charge in [-0.3, -0.25) is 0 Å². The zero-order valence-corrected chi connectivity index (χ0v) is 19.4. The number of pyridine rings is 1. The van der Waals surface area contributed by atoms with Gasteiger partial charge in [0.1, 0.15) is 5.75 Å². The normalized spacial score (nSPS) is 11.4. The van der Waals surface area contributed by atoms with Crippen molar-refractivity contribution in [2.45, 2.75) is 33.7 Å². The van der Waals surface area contributed by atoms with Crippen LogP contribution in [-0.4, -0.2) is 30.9 Å². The summed E-state index contributed by atoms with van der Waals surface area (Å²) in [5.41, 5.74) is 3.55. The number of aromatic nitrogens is 5. The Labute approximate surface area is 193 Å². The summed E-state index contributed by atoms with van der Waals surface area (Å²) in [4.78, 5) is 20.5. The third-order valence-corrected chi connectivity index (χ3v) is 6.23. The maximum absolute atomic E-state index is 13.3. The molecule has 0 saturated heterocycles. The van der Waals surface area contributed by atoms with E-state index in [1.807, 2.05) is 18.5 Å². The molecule has 5 aromatic rings. The van der Waals surface area contributed by atoms with Gasteiger partial charge in [0.2, 0.25) is 12.3 Å². The van der Waals surface area contributed by atoms with E-state index in [1.54, 1.807) is 47.9 Å². The Kier molecular flexibility index (Phi) is 5.26. The van der Waals surface area contributed by atoms with Gasteiger partial charge in [-0.05, 0) is 64.1 Å². The predicted molar refractivity (Wildman–Crippen MR) is 125 cm³/mol. The average molecular weight is 460 g/mol. The highest BCUT2D eigenvalue weighted by Crippen LogP contribution is 2.33. The average Bonchev–Trinajstić information content (AvgIpc) is 3.53. The van der Waals surface area contributed by atoms with Crippen molar-refractivity contribution in [3.63, 3.8) is 0 Å².